The van der Waals surface area contributed by atoms with Crippen LogP contribution in [0, 0.1) is 0 Å². The molecule has 2 heterocycles. The van der Waals surface area contributed by atoms with Gasteiger partial charge in [-0.1, -0.05) is 176 Å². The molecule has 0 fully saturated rings. The minimum atomic E-state index is 0.638. The third-order valence-corrected chi connectivity index (χ3v) is 10.2. The Labute approximate surface area is 313 Å². The van der Waals surface area contributed by atoms with Gasteiger partial charge in [0.1, 0.15) is 0 Å². The summed E-state index contributed by atoms with van der Waals surface area (Å²) in [4.78, 5) is 19.9. The highest BCUT2D eigenvalue weighted by atomic mass is 15.0. The first-order valence-electron chi connectivity index (χ1n) is 18.1. The Hall–Kier alpha value is -7.30. The molecule has 252 valence electrons. The molecule has 0 aliphatic carbocycles. The minimum absolute atomic E-state index is 0.638. The Bertz CT molecular complexity index is 2960. The van der Waals surface area contributed by atoms with E-state index in [4.69, 9.17) is 19.9 Å². The first-order valence-corrected chi connectivity index (χ1v) is 18.1. The molecule has 0 radical (unpaired) electrons. The first-order chi connectivity index (χ1) is 26.8. The summed E-state index contributed by atoms with van der Waals surface area (Å²) >= 11 is 0. The van der Waals surface area contributed by atoms with Crippen LogP contribution in [0.3, 0.4) is 0 Å². The fourth-order valence-corrected chi connectivity index (χ4v) is 7.51. The fraction of sp³-hybridized carbons (Fsp3) is 0. The van der Waals surface area contributed by atoms with Crippen molar-refractivity contribution >= 4 is 32.4 Å². The van der Waals surface area contributed by atoms with Crippen molar-refractivity contribution in [3.05, 3.63) is 194 Å². The highest BCUT2D eigenvalue weighted by Gasteiger charge is 2.17. The molecule has 4 heteroatoms. The number of fused-ring (bicyclic) bond motifs is 4. The lowest BCUT2D eigenvalue weighted by atomic mass is 9.92. The van der Waals surface area contributed by atoms with E-state index in [1.165, 1.54) is 22.1 Å². The molecule has 0 N–H and O–H groups in total. The quantitative estimate of drug-likeness (QED) is 0.163. The number of hydrogen-bond acceptors (Lipinski definition) is 4. The van der Waals surface area contributed by atoms with Gasteiger partial charge in [0.25, 0.3) is 0 Å². The topological polar surface area (TPSA) is 51.6 Å². The Morgan fingerprint density at radius 2 is 0.741 bits per heavy atom. The monoisotopic (exact) mass is 688 g/mol. The maximum Gasteiger partial charge on any atom is 0.164 e. The highest BCUT2D eigenvalue weighted by molar-refractivity contribution is 6.10. The average molecular weight is 689 g/mol. The lowest BCUT2D eigenvalue weighted by molar-refractivity contribution is 1.08. The van der Waals surface area contributed by atoms with Gasteiger partial charge in [0.2, 0.25) is 0 Å². The molecule has 0 saturated carbocycles. The van der Waals surface area contributed by atoms with E-state index in [-0.39, 0.29) is 0 Å². The molecular formula is C50H32N4. The summed E-state index contributed by atoms with van der Waals surface area (Å²) in [5.74, 6) is 1.92. The van der Waals surface area contributed by atoms with Crippen LogP contribution in [0.4, 0.5) is 0 Å². The standard InChI is InChI=1S/C50H32N4/c1-3-11-33(12-4-1)34-20-26-39(27-21-34)49-52-48(38-13-5-2-6-14-38)53-50(54-49)46-31-30-41(42-16-7-8-17-43(42)46)36-24-22-35(23-25-36)40-18-9-19-45-44(40)29-28-37-15-10-32-51-47(37)45/h1-32H. The van der Waals surface area contributed by atoms with Crippen LogP contribution < -0.4 is 0 Å². The van der Waals surface area contributed by atoms with Crippen molar-refractivity contribution in [1.82, 2.24) is 19.9 Å². The summed E-state index contributed by atoms with van der Waals surface area (Å²) in [5, 5.41) is 5.74. The molecule has 0 bridgehead atoms. The molecule has 10 aromatic rings. The maximum absolute atomic E-state index is 5.12. The van der Waals surface area contributed by atoms with Crippen LogP contribution in [0.1, 0.15) is 0 Å². The van der Waals surface area contributed by atoms with E-state index in [0.29, 0.717) is 17.5 Å². The van der Waals surface area contributed by atoms with Crippen molar-refractivity contribution < 1.29 is 0 Å². The lowest BCUT2D eigenvalue weighted by Crippen LogP contribution is -2.00. The zero-order valence-corrected chi connectivity index (χ0v) is 29.3. The Morgan fingerprint density at radius 1 is 0.259 bits per heavy atom. The van der Waals surface area contributed by atoms with Crippen LogP contribution in [-0.4, -0.2) is 19.9 Å². The maximum atomic E-state index is 5.12. The number of benzene rings is 8. The zero-order chi connectivity index (χ0) is 35.8. The van der Waals surface area contributed by atoms with E-state index in [0.717, 1.165) is 60.4 Å². The summed E-state index contributed by atoms with van der Waals surface area (Å²) in [5.41, 5.74) is 10.9. The number of nitrogens with zero attached hydrogens (tertiary/aromatic N) is 4. The molecule has 0 amide bonds. The van der Waals surface area contributed by atoms with E-state index in [9.17, 15) is 0 Å². The molecule has 10 rings (SSSR count). The van der Waals surface area contributed by atoms with Crippen molar-refractivity contribution in [3.63, 3.8) is 0 Å². The van der Waals surface area contributed by atoms with Crippen LogP contribution in [0.15, 0.2) is 194 Å². The van der Waals surface area contributed by atoms with Gasteiger partial charge in [-0.3, -0.25) is 4.98 Å². The molecule has 2 aromatic heterocycles. The molecule has 8 aromatic carbocycles. The molecule has 0 unspecified atom stereocenters. The summed E-state index contributed by atoms with van der Waals surface area (Å²) in [7, 11) is 0. The van der Waals surface area contributed by atoms with Crippen LogP contribution >= 0.6 is 0 Å². The predicted octanol–water partition coefficient (Wildman–Crippen LogP) is 12.7. The van der Waals surface area contributed by atoms with E-state index >= 15 is 0 Å². The lowest BCUT2D eigenvalue weighted by Gasteiger charge is -2.14. The van der Waals surface area contributed by atoms with Gasteiger partial charge in [-0.15, -0.1) is 0 Å². The molecule has 4 nitrogen and oxygen atoms in total. The number of hydrogen-bond donors (Lipinski definition) is 0. The number of rotatable bonds is 6. The van der Waals surface area contributed by atoms with Gasteiger partial charge in [-0.2, -0.15) is 0 Å². The Balaban J connectivity index is 1.05. The van der Waals surface area contributed by atoms with E-state index in [1.807, 2.05) is 48.7 Å². The molecule has 54 heavy (non-hydrogen) atoms. The van der Waals surface area contributed by atoms with Crippen LogP contribution in [-0.2, 0) is 0 Å². The van der Waals surface area contributed by atoms with Crippen LogP contribution in [0.5, 0.6) is 0 Å². The predicted molar refractivity (Wildman–Crippen MR) is 223 cm³/mol. The van der Waals surface area contributed by atoms with Crippen molar-refractivity contribution in [1.29, 1.82) is 0 Å². The molecule has 0 atom stereocenters. The first kappa shape index (κ1) is 31.4. The SMILES string of the molecule is c1ccc(-c2ccc(-c3nc(-c4ccccc4)nc(-c4ccc(-c5ccc(-c6cccc7c6ccc6cccnc67)cc5)c5ccccc45)n3)cc2)cc1. The van der Waals surface area contributed by atoms with Crippen molar-refractivity contribution in [2.75, 3.05) is 0 Å². The fourth-order valence-electron chi connectivity index (χ4n) is 7.51. The molecule has 0 saturated heterocycles. The average Bonchev–Trinajstić information content (AvgIpc) is 3.26. The molecule has 0 spiro atoms. The van der Waals surface area contributed by atoms with Gasteiger partial charge in [0.15, 0.2) is 17.5 Å². The van der Waals surface area contributed by atoms with Crippen LogP contribution in [0.2, 0.25) is 0 Å². The minimum Gasteiger partial charge on any atom is -0.256 e. The van der Waals surface area contributed by atoms with E-state index < -0.39 is 0 Å². The van der Waals surface area contributed by atoms with Gasteiger partial charge in [0.05, 0.1) is 5.52 Å². The Kier molecular flexibility index (Phi) is 7.77. The van der Waals surface area contributed by atoms with Crippen LogP contribution in [0.25, 0.3) is 100.0 Å². The van der Waals surface area contributed by atoms with Gasteiger partial charge >= 0.3 is 0 Å². The van der Waals surface area contributed by atoms with Crippen molar-refractivity contribution in [2.45, 2.75) is 0 Å². The van der Waals surface area contributed by atoms with Gasteiger partial charge in [-0.25, -0.2) is 15.0 Å². The highest BCUT2D eigenvalue weighted by Crippen LogP contribution is 2.38. The number of pyridine rings is 1. The number of aromatic nitrogens is 4. The van der Waals surface area contributed by atoms with E-state index in [1.54, 1.807) is 0 Å². The third-order valence-electron chi connectivity index (χ3n) is 10.2. The second-order valence-electron chi connectivity index (χ2n) is 13.4. The summed E-state index contributed by atoms with van der Waals surface area (Å²) in [6.07, 6.45) is 1.87. The zero-order valence-electron chi connectivity index (χ0n) is 29.3. The summed E-state index contributed by atoms with van der Waals surface area (Å²) < 4.78 is 0. The third kappa shape index (κ3) is 5.67. The van der Waals surface area contributed by atoms with Crippen molar-refractivity contribution in [3.8, 4) is 67.5 Å². The van der Waals surface area contributed by atoms with Crippen molar-refractivity contribution in [2.24, 2.45) is 0 Å². The summed E-state index contributed by atoms with van der Waals surface area (Å²) in [6.45, 7) is 0. The summed E-state index contributed by atoms with van der Waals surface area (Å²) in [6, 6.07) is 65.7. The van der Waals surface area contributed by atoms with Gasteiger partial charge in [0, 0.05) is 33.7 Å². The normalized spacial score (nSPS) is 11.3. The van der Waals surface area contributed by atoms with Gasteiger partial charge in [-0.05, 0) is 61.7 Å². The second kappa shape index (κ2) is 13.4. The van der Waals surface area contributed by atoms with E-state index in [2.05, 4.69) is 146 Å². The second-order valence-corrected chi connectivity index (χ2v) is 13.4. The van der Waals surface area contributed by atoms with Gasteiger partial charge < -0.3 is 0 Å². The molecule has 0 aliphatic rings. The Morgan fingerprint density at radius 3 is 1.44 bits per heavy atom. The smallest absolute Gasteiger partial charge is 0.164 e. The molecular weight excluding hydrogens is 657 g/mol. The largest absolute Gasteiger partial charge is 0.256 e. The molecule has 0 aliphatic heterocycles.